The number of hydrogen-bond acceptors (Lipinski definition) is 11. The summed E-state index contributed by atoms with van der Waals surface area (Å²) in [5.74, 6) is -4.42. The Balaban J connectivity index is 0.000000762. The summed E-state index contributed by atoms with van der Waals surface area (Å²) in [5, 5.41) is 16.3. The molecule has 2 saturated carbocycles. The highest BCUT2D eigenvalue weighted by Crippen LogP contribution is 2.46. The predicted molar refractivity (Wildman–Crippen MR) is 226 cm³/mol. The van der Waals surface area contributed by atoms with Crippen LogP contribution >= 0.6 is 11.3 Å². The van der Waals surface area contributed by atoms with Gasteiger partial charge in [0.25, 0.3) is 5.91 Å². The number of amides is 3. The molecule has 62 heavy (non-hydrogen) atoms. The van der Waals surface area contributed by atoms with Gasteiger partial charge in [-0.2, -0.15) is 13.2 Å². The number of halogens is 3. The number of carboxylic acid groups (broad SMARTS) is 1. The van der Waals surface area contributed by atoms with Crippen LogP contribution in [0.5, 0.6) is 5.75 Å². The van der Waals surface area contributed by atoms with Crippen molar-refractivity contribution in [2.24, 2.45) is 11.8 Å². The number of alkyl halides is 3. The number of aliphatic carboxylic acids is 1. The van der Waals surface area contributed by atoms with E-state index in [1.807, 2.05) is 61.7 Å². The number of sulfonamides is 1. The van der Waals surface area contributed by atoms with Crippen molar-refractivity contribution < 1.29 is 50.6 Å². The normalized spacial score (nSPS) is 23.8. The average Bonchev–Trinajstić information content (AvgIpc) is 4.12. The molecule has 4 aliphatic rings. The summed E-state index contributed by atoms with van der Waals surface area (Å²) in [7, 11) is -3.87. The van der Waals surface area contributed by atoms with Crippen LogP contribution in [-0.4, -0.2) is 93.8 Å². The van der Waals surface area contributed by atoms with E-state index in [0.717, 1.165) is 59.1 Å². The van der Waals surface area contributed by atoms with Gasteiger partial charge in [0.2, 0.25) is 21.8 Å². The summed E-state index contributed by atoms with van der Waals surface area (Å²) in [6.07, 6.45) is 0.798. The lowest BCUT2D eigenvalue weighted by atomic mass is 10.0. The molecule has 0 spiro atoms. The maximum absolute atomic E-state index is 14.7. The number of nitrogens with one attached hydrogen (secondary N) is 3. The summed E-state index contributed by atoms with van der Waals surface area (Å²) >= 11 is 1.45. The number of nitrogens with zero attached hydrogens (tertiary/aromatic N) is 3. The Kier molecular flexibility index (Phi) is 12.7. The Bertz CT molecular complexity index is 2480. The average molecular weight is 897 g/mol. The Hall–Kier alpha value is -5.56. The van der Waals surface area contributed by atoms with E-state index in [1.165, 1.54) is 11.3 Å². The van der Waals surface area contributed by atoms with Crippen LogP contribution in [0.2, 0.25) is 0 Å². The minimum Gasteiger partial charge on any atom is -0.488 e. The third-order valence-corrected chi connectivity index (χ3v) is 14.1. The van der Waals surface area contributed by atoms with Crippen LogP contribution in [0.3, 0.4) is 0 Å². The number of aromatic nitrogens is 2. The number of fused-ring (bicyclic) bond motifs is 5. The highest BCUT2D eigenvalue weighted by Gasteiger charge is 2.62. The second-order valence-electron chi connectivity index (χ2n) is 16.4. The van der Waals surface area contributed by atoms with Crippen molar-refractivity contribution in [3.05, 3.63) is 83.9 Å². The molecule has 0 unspecified atom stereocenters. The van der Waals surface area contributed by atoms with Crippen molar-refractivity contribution in [3.63, 3.8) is 0 Å². The number of aryl methyl sites for hydroxylation is 2. The zero-order chi connectivity index (χ0) is 44.6. The summed E-state index contributed by atoms with van der Waals surface area (Å²) in [6, 6.07) is 16.3. The van der Waals surface area contributed by atoms with Gasteiger partial charge in [0.1, 0.15) is 29.5 Å². The van der Waals surface area contributed by atoms with Crippen LogP contribution in [0.25, 0.3) is 22.2 Å². The summed E-state index contributed by atoms with van der Waals surface area (Å²) in [5.41, 5.74) is 3.06. The second-order valence-corrected chi connectivity index (χ2v) is 19.2. The molecule has 330 valence electrons. The number of carbonyl (C=O) groups is 4. The molecule has 4 aromatic rings. The molecule has 3 fully saturated rings. The molecule has 8 rings (SSSR count). The maximum Gasteiger partial charge on any atom is 0.490 e. The van der Waals surface area contributed by atoms with Crippen molar-refractivity contribution in [2.75, 3.05) is 11.9 Å². The van der Waals surface area contributed by atoms with Crippen molar-refractivity contribution in [1.29, 1.82) is 0 Å². The standard InChI is InChI=1S/C41H46N6O6S2.C2HF3O2/c1-4-27-21-41(27,39(50)46-55(51,52)30-15-16-30)45-37(48)34-19-29-22-47(34)38(49)36(24(2)3)44-40-42-28(23-54-40)13-9-8-10-25-14-17-32-31(18-25)35(53-29)20-33(43-32)26-11-6-5-7-12-26;3-2(4,5)1(6)7/h4-7,11-12,14,17-18,20,23-24,27,29-30,34,36H,1,8-10,13,15-16,19,21-22H2,2-3H3,(H,42,44)(H,45,48)(H,46,50);(H,6,7)/t27-,29-,34+,36+,41-;/m1./s1. The molecule has 2 aliphatic heterocycles. The SMILES string of the molecule is C=C[C@@H]1C[C@]1(NC(=O)[C@@H]1C[C@@H]2CN1C(=O)[C@H](C(C)C)Nc1nc(cs1)CCCCc1ccc3nc(-c4ccccc4)cc(c3c1)O2)C(=O)NS(=O)(=O)C1CC1.O=C(O)C(F)(F)F. The third kappa shape index (κ3) is 9.88. The first-order valence-electron chi connectivity index (χ1n) is 20.4. The zero-order valence-electron chi connectivity index (χ0n) is 34.0. The number of thiazole rings is 1. The van der Waals surface area contributed by atoms with Crippen LogP contribution in [0, 0.1) is 11.8 Å². The van der Waals surface area contributed by atoms with E-state index < -0.39 is 68.9 Å². The van der Waals surface area contributed by atoms with Gasteiger partial charge in [-0.15, -0.1) is 17.9 Å². The van der Waals surface area contributed by atoms with Crippen molar-refractivity contribution in [1.82, 2.24) is 24.9 Å². The largest absolute Gasteiger partial charge is 0.490 e. The lowest BCUT2D eigenvalue weighted by Gasteiger charge is -2.31. The predicted octanol–water partition coefficient (Wildman–Crippen LogP) is 6.02. The number of pyridine rings is 1. The molecule has 4 N–H and O–H groups in total. The van der Waals surface area contributed by atoms with E-state index >= 15 is 0 Å². The number of ether oxygens (including phenoxy) is 1. The van der Waals surface area contributed by atoms with E-state index in [2.05, 4.69) is 34.1 Å². The molecular formula is C43H47F3N6O8S2. The first-order chi connectivity index (χ1) is 29.4. The van der Waals surface area contributed by atoms with Gasteiger partial charge in [-0.25, -0.2) is 23.2 Å². The lowest BCUT2D eigenvalue weighted by Crippen LogP contribution is -2.58. The van der Waals surface area contributed by atoms with Gasteiger partial charge < -0.3 is 25.4 Å². The van der Waals surface area contributed by atoms with Gasteiger partial charge >= 0.3 is 12.1 Å². The maximum atomic E-state index is 14.7. The number of carbonyl (C=O) groups excluding carboxylic acids is 3. The van der Waals surface area contributed by atoms with Crippen LogP contribution in [-0.2, 0) is 42.0 Å². The summed E-state index contributed by atoms with van der Waals surface area (Å²) in [4.78, 5) is 63.0. The second kappa shape index (κ2) is 17.7. The zero-order valence-corrected chi connectivity index (χ0v) is 35.6. The van der Waals surface area contributed by atoms with E-state index in [9.17, 15) is 36.0 Å². The molecule has 6 bridgehead atoms. The van der Waals surface area contributed by atoms with E-state index in [4.69, 9.17) is 24.6 Å². The van der Waals surface area contributed by atoms with Crippen LogP contribution < -0.4 is 20.1 Å². The minimum atomic E-state index is -5.08. The fourth-order valence-electron chi connectivity index (χ4n) is 7.77. The number of hydrogen-bond donors (Lipinski definition) is 4. The van der Waals surface area contributed by atoms with Gasteiger partial charge in [0, 0.05) is 34.7 Å². The van der Waals surface area contributed by atoms with E-state index in [-0.39, 0.29) is 31.2 Å². The van der Waals surface area contributed by atoms with Crippen molar-refractivity contribution in [3.8, 4) is 17.0 Å². The van der Waals surface area contributed by atoms with Crippen LogP contribution in [0.15, 0.2) is 72.6 Å². The van der Waals surface area contributed by atoms with Gasteiger partial charge in [0.05, 0.1) is 28.7 Å². The fourth-order valence-corrected chi connectivity index (χ4v) is 9.92. The van der Waals surface area contributed by atoms with Gasteiger partial charge in [0.15, 0.2) is 5.13 Å². The Morgan fingerprint density at radius 3 is 2.44 bits per heavy atom. The minimum absolute atomic E-state index is 0.106. The first-order valence-corrected chi connectivity index (χ1v) is 22.8. The molecule has 2 aromatic heterocycles. The highest BCUT2D eigenvalue weighted by atomic mass is 32.2. The Morgan fingerprint density at radius 2 is 1.79 bits per heavy atom. The summed E-state index contributed by atoms with van der Waals surface area (Å²) < 4.78 is 66.4. The van der Waals surface area contributed by atoms with Crippen LogP contribution in [0.1, 0.15) is 63.6 Å². The van der Waals surface area contributed by atoms with Gasteiger partial charge in [-0.1, -0.05) is 56.3 Å². The number of carboxylic acids is 1. The molecule has 3 amide bonds. The topological polar surface area (TPSA) is 197 Å². The lowest BCUT2D eigenvalue weighted by molar-refractivity contribution is -0.192. The highest BCUT2D eigenvalue weighted by molar-refractivity contribution is 7.91. The molecule has 5 atom stereocenters. The fraction of sp³-hybridized carbons (Fsp3) is 0.442. The Labute approximate surface area is 360 Å². The molecule has 2 aromatic carbocycles. The van der Waals surface area contributed by atoms with Gasteiger partial charge in [-0.05, 0) is 68.6 Å². The Morgan fingerprint density at radius 1 is 1.08 bits per heavy atom. The number of anilines is 1. The number of benzene rings is 2. The van der Waals surface area contributed by atoms with Gasteiger partial charge in [-0.3, -0.25) is 19.1 Å². The van der Waals surface area contributed by atoms with Crippen LogP contribution in [0.4, 0.5) is 18.3 Å². The number of rotatable bonds is 8. The smallest absolute Gasteiger partial charge is 0.488 e. The quantitative estimate of drug-likeness (QED) is 0.151. The van der Waals surface area contributed by atoms with E-state index in [0.29, 0.717) is 23.7 Å². The molecule has 14 nitrogen and oxygen atoms in total. The van der Waals surface area contributed by atoms with Crippen molar-refractivity contribution >= 4 is 61.1 Å². The molecule has 4 heterocycles. The molecular weight excluding hydrogens is 850 g/mol. The van der Waals surface area contributed by atoms with E-state index in [1.54, 1.807) is 11.0 Å². The third-order valence-electron chi connectivity index (χ3n) is 11.4. The van der Waals surface area contributed by atoms with Crippen molar-refractivity contribution in [2.45, 2.75) is 100 Å². The first kappa shape index (κ1) is 44.5. The monoisotopic (exact) mass is 896 g/mol. The molecule has 19 heteroatoms. The summed E-state index contributed by atoms with van der Waals surface area (Å²) in [6.45, 7) is 7.82. The molecule has 0 radical (unpaired) electrons. The molecule has 1 saturated heterocycles. The molecule has 2 aliphatic carbocycles.